The summed E-state index contributed by atoms with van der Waals surface area (Å²) in [5, 5.41) is 4.37. The van der Waals surface area contributed by atoms with Crippen LogP contribution in [0.1, 0.15) is 11.8 Å². The third-order valence-electron chi connectivity index (χ3n) is 2.05. The highest BCUT2D eigenvalue weighted by Crippen LogP contribution is 2.08. The Kier molecular flexibility index (Phi) is 4.72. The maximum absolute atomic E-state index is 11.7. The van der Waals surface area contributed by atoms with Crippen molar-refractivity contribution in [1.29, 1.82) is 0 Å². The van der Waals surface area contributed by atoms with Gasteiger partial charge < -0.3 is 5.32 Å². The van der Waals surface area contributed by atoms with Gasteiger partial charge in [-0.15, -0.1) is 11.3 Å². The first-order chi connectivity index (χ1) is 7.06. The van der Waals surface area contributed by atoms with E-state index in [0.717, 1.165) is 4.88 Å². The van der Waals surface area contributed by atoms with Gasteiger partial charge in [-0.25, -0.2) is 13.1 Å². The molecule has 15 heavy (non-hydrogen) atoms. The summed E-state index contributed by atoms with van der Waals surface area (Å²) in [6.45, 7) is 2.53. The van der Waals surface area contributed by atoms with E-state index in [1.807, 2.05) is 17.5 Å². The zero-order valence-corrected chi connectivity index (χ0v) is 10.5. The smallest absolute Gasteiger partial charge is 0.215 e. The minimum absolute atomic E-state index is 0.383. The molecule has 0 spiro atoms. The van der Waals surface area contributed by atoms with Crippen molar-refractivity contribution < 1.29 is 8.42 Å². The van der Waals surface area contributed by atoms with E-state index < -0.39 is 15.3 Å². The third kappa shape index (κ3) is 3.90. The molecule has 0 saturated heterocycles. The second-order valence-corrected chi connectivity index (χ2v) is 6.53. The number of thiophene rings is 1. The minimum Gasteiger partial charge on any atom is -0.318 e. The van der Waals surface area contributed by atoms with Crippen LogP contribution >= 0.6 is 11.3 Å². The minimum atomic E-state index is -3.20. The summed E-state index contributed by atoms with van der Waals surface area (Å²) in [6, 6.07) is 3.82. The van der Waals surface area contributed by atoms with Gasteiger partial charge in [0.05, 0.1) is 5.25 Å². The van der Waals surface area contributed by atoms with Crippen molar-refractivity contribution in [2.45, 2.75) is 18.7 Å². The van der Waals surface area contributed by atoms with E-state index >= 15 is 0 Å². The molecule has 0 aliphatic rings. The first-order valence-electron chi connectivity index (χ1n) is 4.71. The SMILES string of the molecule is CNCC(C)S(=O)(=O)NCc1cccs1. The molecule has 86 valence electrons. The van der Waals surface area contributed by atoms with Gasteiger partial charge >= 0.3 is 0 Å². The molecule has 0 aromatic carbocycles. The monoisotopic (exact) mass is 248 g/mol. The fourth-order valence-electron chi connectivity index (χ4n) is 1.12. The van der Waals surface area contributed by atoms with E-state index in [-0.39, 0.29) is 0 Å². The molecule has 1 aromatic heterocycles. The van der Waals surface area contributed by atoms with Crippen molar-refractivity contribution in [2.24, 2.45) is 0 Å². The Balaban J connectivity index is 2.50. The lowest BCUT2D eigenvalue weighted by Crippen LogP contribution is -2.37. The molecule has 4 nitrogen and oxygen atoms in total. The second kappa shape index (κ2) is 5.60. The summed E-state index contributed by atoms with van der Waals surface area (Å²) in [4.78, 5) is 1.02. The zero-order valence-electron chi connectivity index (χ0n) is 8.86. The maximum atomic E-state index is 11.7. The van der Waals surface area contributed by atoms with E-state index in [2.05, 4.69) is 10.0 Å². The van der Waals surface area contributed by atoms with Crippen molar-refractivity contribution in [2.75, 3.05) is 13.6 Å². The fourth-order valence-corrected chi connectivity index (χ4v) is 2.89. The summed E-state index contributed by atoms with van der Waals surface area (Å²) in [5.41, 5.74) is 0. The quantitative estimate of drug-likeness (QED) is 0.782. The molecular formula is C9H16N2O2S2. The van der Waals surface area contributed by atoms with Crippen molar-refractivity contribution >= 4 is 21.4 Å². The Morgan fingerprint density at radius 1 is 1.53 bits per heavy atom. The maximum Gasteiger partial charge on any atom is 0.215 e. The molecule has 0 bridgehead atoms. The van der Waals surface area contributed by atoms with E-state index in [1.165, 1.54) is 0 Å². The highest BCUT2D eigenvalue weighted by molar-refractivity contribution is 7.90. The molecule has 0 radical (unpaired) electrons. The Bertz CT molecular complexity index is 373. The molecule has 1 aromatic rings. The van der Waals surface area contributed by atoms with Crippen LogP contribution in [0.3, 0.4) is 0 Å². The van der Waals surface area contributed by atoms with Gasteiger partial charge in [0, 0.05) is 18.0 Å². The van der Waals surface area contributed by atoms with E-state index in [4.69, 9.17) is 0 Å². The summed E-state index contributed by atoms with van der Waals surface area (Å²) in [6.07, 6.45) is 0. The lowest BCUT2D eigenvalue weighted by Gasteiger charge is -2.12. The lowest BCUT2D eigenvalue weighted by molar-refractivity contribution is 0.564. The molecule has 1 rings (SSSR count). The standard InChI is InChI=1S/C9H16N2O2S2/c1-8(6-10-2)15(12,13)11-7-9-4-3-5-14-9/h3-5,8,10-11H,6-7H2,1-2H3. The number of nitrogens with one attached hydrogen (secondary N) is 2. The molecule has 1 unspecified atom stereocenters. The van der Waals surface area contributed by atoms with Crippen LogP contribution in [0.4, 0.5) is 0 Å². The van der Waals surface area contributed by atoms with E-state index in [1.54, 1.807) is 25.3 Å². The van der Waals surface area contributed by atoms with Gasteiger partial charge in [0.2, 0.25) is 10.0 Å². The molecule has 1 heterocycles. The van der Waals surface area contributed by atoms with Crippen LogP contribution in [0, 0.1) is 0 Å². The van der Waals surface area contributed by atoms with Gasteiger partial charge in [0.25, 0.3) is 0 Å². The highest BCUT2D eigenvalue weighted by Gasteiger charge is 2.19. The Hall–Kier alpha value is -0.430. The zero-order chi connectivity index (χ0) is 11.3. The second-order valence-electron chi connectivity index (χ2n) is 3.31. The number of hydrogen-bond donors (Lipinski definition) is 2. The van der Waals surface area contributed by atoms with Gasteiger partial charge in [-0.1, -0.05) is 6.07 Å². The van der Waals surface area contributed by atoms with Crippen molar-refractivity contribution in [3.63, 3.8) is 0 Å². The molecule has 2 N–H and O–H groups in total. The number of rotatable bonds is 6. The molecule has 0 aliphatic carbocycles. The Morgan fingerprint density at radius 2 is 2.27 bits per heavy atom. The summed E-state index contributed by atoms with van der Waals surface area (Å²) in [7, 11) is -1.46. The van der Waals surface area contributed by atoms with Gasteiger partial charge in [0.15, 0.2) is 0 Å². The number of sulfonamides is 1. The average molecular weight is 248 g/mol. The van der Waals surface area contributed by atoms with Crippen LogP contribution < -0.4 is 10.0 Å². The largest absolute Gasteiger partial charge is 0.318 e. The van der Waals surface area contributed by atoms with Crippen LogP contribution in [-0.2, 0) is 16.6 Å². The molecule has 6 heteroatoms. The molecule has 1 atom stereocenters. The van der Waals surface area contributed by atoms with Gasteiger partial charge in [0.1, 0.15) is 0 Å². The van der Waals surface area contributed by atoms with Gasteiger partial charge in [-0.2, -0.15) is 0 Å². The van der Waals surface area contributed by atoms with Crippen molar-refractivity contribution in [3.05, 3.63) is 22.4 Å². The van der Waals surface area contributed by atoms with Crippen LogP contribution in [-0.4, -0.2) is 27.3 Å². The molecule has 0 amide bonds. The number of hydrogen-bond acceptors (Lipinski definition) is 4. The molecule has 0 aliphatic heterocycles. The molecular weight excluding hydrogens is 232 g/mol. The first kappa shape index (κ1) is 12.6. The van der Waals surface area contributed by atoms with Crippen LogP contribution in [0.2, 0.25) is 0 Å². The molecule has 0 fully saturated rings. The summed E-state index contributed by atoms with van der Waals surface area (Å²) < 4.78 is 25.9. The average Bonchev–Trinajstić information content (AvgIpc) is 2.68. The Labute approximate surface area is 94.8 Å². The van der Waals surface area contributed by atoms with Crippen molar-refractivity contribution in [3.8, 4) is 0 Å². The lowest BCUT2D eigenvalue weighted by atomic mass is 10.5. The van der Waals surface area contributed by atoms with Crippen molar-refractivity contribution in [1.82, 2.24) is 10.0 Å². The van der Waals surface area contributed by atoms with Crippen LogP contribution in [0.25, 0.3) is 0 Å². The van der Waals surface area contributed by atoms with E-state index in [9.17, 15) is 8.42 Å². The van der Waals surface area contributed by atoms with E-state index in [0.29, 0.717) is 13.1 Å². The third-order valence-corrected chi connectivity index (χ3v) is 4.70. The summed E-state index contributed by atoms with van der Waals surface area (Å²) in [5.74, 6) is 0. The van der Waals surface area contributed by atoms with Crippen LogP contribution in [0.15, 0.2) is 17.5 Å². The fraction of sp³-hybridized carbons (Fsp3) is 0.556. The van der Waals surface area contributed by atoms with Gasteiger partial charge in [-0.3, -0.25) is 0 Å². The van der Waals surface area contributed by atoms with Crippen LogP contribution in [0.5, 0.6) is 0 Å². The topological polar surface area (TPSA) is 58.2 Å². The summed E-state index contributed by atoms with van der Waals surface area (Å²) >= 11 is 1.55. The first-order valence-corrected chi connectivity index (χ1v) is 7.14. The molecule has 0 saturated carbocycles. The highest BCUT2D eigenvalue weighted by atomic mass is 32.2. The van der Waals surface area contributed by atoms with Gasteiger partial charge in [-0.05, 0) is 25.4 Å². The normalized spacial score (nSPS) is 14.0. The predicted octanol–water partition coefficient (Wildman–Crippen LogP) is 0.775. The predicted molar refractivity (Wildman–Crippen MR) is 63.5 cm³/mol. The Morgan fingerprint density at radius 3 is 2.80 bits per heavy atom.